The SMILES string of the molecule is O=[C-]C1CCCCC1.[C-]#[O+].[C-]#[O+].[C-]#[O+].[Fe+2].[N-]=O. The van der Waals surface area contributed by atoms with Crippen LogP contribution in [-0.4, -0.2) is 6.29 Å². The molecule has 1 aliphatic rings. The molecule has 0 aromatic rings. The van der Waals surface area contributed by atoms with Crippen molar-refractivity contribution in [2.75, 3.05) is 0 Å². The molecule has 0 radical (unpaired) electrons. The maximum atomic E-state index is 10.0. The van der Waals surface area contributed by atoms with Crippen molar-refractivity contribution in [2.45, 2.75) is 32.1 Å². The van der Waals surface area contributed by atoms with Crippen LogP contribution in [0.2, 0.25) is 0 Å². The molecule has 1 fully saturated rings. The topological polar surface area (TPSA) is 116 Å². The summed E-state index contributed by atoms with van der Waals surface area (Å²) in [5.74, 6) is 0.281. The van der Waals surface area contributed by atoms with Gasteiger partial charge in [0.15, 0.2) is 0 Å². The van der Waals surface area contributed by atoms with Crippen LogP contribution in [0.1, 0.15) is 32.1 Å². The Morgan fingerprint density at radius 3 is 1.35 bits per heavy atom. The molecule has 0 saturated heterocycles. The number of carbonyl (C=O) groups excluding carboxylic acids is 1. The second kappa shape index (κ2) is 45.9. The number of nitroso groups, excluding NO2 is 1. The number of hydrogen-bond acceptors (Lipinski definition) is 2. The second-order valence-electron chi connectivity index (χ2n) is 2.45. The van der Waals surface area contributed by atoms with Crippen molar-refractivity contribution in [2.24, 2.45) is 5.92 Å². The fourth-order valence-corrected chi connectivity index (χ4v) is 1.22. The Labute approximate surface area is 111 Å². The van der Waals surface area contributed by atoms with Crippen molar-refractivity contribution in [1.82, 2.24) is 0 Å². The van der Waals surface area contributed by atoms with Crippen LogP contribution in [0.15, 0.2) is 0 Å². The van der Waals surface area contributed by atoms with Crippen molar-refractivity contribution in [3.05, 3.63) is 30.5 Å². The van der Waals surface area contributed by atoms with Crippen molar-refractivity contribution >= 4 is 6.29 Å². The zero-order chi connectivity index (χ0) is 13.8. The summed E-state index contributed by atoms with van der Waals surface area (Å²) >= 11 is 0. The predicted molar refractivity (Wildman–Crippen MR) is 50.8 cm³/mol. The minimum atomic E-state index is 0. The molecule has 0 aliphatic heterocycles. The van der Waals surface area contributed by atoms with E-state index in [1.807, 2.05) is 0 Å². The standard InChI is InChI=1S/C7H11O.3CO.Fe.NO/c8-6-7-4-2-1-3-5-7;3*1-2;;1-2/h7H,1-5H2;;;;;/q-1;;;;+2;-1. The Balaban J connectivity index is -0.0000000462. The second-order valence-corrected chi connectivity index (χ2v) is 2.45. The first-order chi connectivity index (χ1) is 7.93. The van der Waals surface area contributed by atoms with Gasteiger partial charge in [-0.1, -0.05) is 32.1 Å². The Hall–Kier alpha value is -0.991. The van der Waals surface area contributed by atoms with E-state index in [4.69, 9.17) is 24.5 Å². The van der Waals surface area contributed by atoms with Gasteiger partial charge in [0, 0.05) is 0 Å². The summed E-state index contributed by atoms with van der Waals surface area (Å²) in [6.45, 7) is 13.5. The van der Waals surface area contributed by atoms with Gasteiger partial charge in [0.2, 0.25) is 0 Å². The fourth-order valence-electron chi connectivity index (χ4n) is 1.22. The molecular formula is C10H11FeNO5. The van der Waals surface area contributed by atoms with Gasteiger partial charge in [0.1, 0.15) is 0 Å². The Morgan fingerprint density at radius 1 is 0.882 bits per heavy atom. The summed E-state index contributed by atoms with van der Waals surface area (Å²) in [5.41, 5.74) is 5.75. The molecule has 0 spiro atoms. The summed E-state index contributed by atoms with van der Waals surface area (Å²) < 4.78 is 22.5. The zero-order valence-corrected chi connectivity index (χ0v) is 10.1. The third-order valence-corrected chi connectivity index (χ3v) is 1.77. The summed E-state index contributed by atoms with van der Waals surface area (Å²) in [4.78, 5) is 17.3. The Bertz CT molecular complexity index is 173. The average Bonchev–Trinajstić information content (AvgIpc) is 2.48. The molecule has 1 saturated carbocycles. The van der Waals surface area contributed by atoms with Gasteiger partial charge in [-0.3, -0.25) is 6.29 Å². The fraction of sp³-hybridized carbons (Fsp3) is 0.600. The molecule has 0 heterocycles. The maximum absolute atomic E-state index is 10.0. The van der Waals surface area contributed by atoms with Crippen molar-refractivity contribution in [1.29, 1.82) is 0 Å². The third-order valence-electron chi connectivity index (χ3n) is 1.77. The van der Waals surface area contributed by atoms with E-state index in [1.54, 1.807) is 0 Å². The first-order valence-electron chi connectivity index (χ1n) is 4.10. The largest absolute Gasteiger partial charge is 2.00 e. The van der Waals surface area contributed by atoms with Gasteiger partial charge >= 0.3 is 51.0 Å². The molecule has 1 aliphatic carbocycles. The van der Waals surface area contributed by atoms with E-state index in [2.05, 4.69) is 26.2 Å². The first kappa shape index (κ1) is 29.8. The van der Waals surface area contributed by atoms with Crippen LogP contribution in [-0.2, 0) is 35.8 Å². The molecule has 0 bridgehead atoms. The van der Waals surface area contributed by atoms with E-state index in [0.29, 0.717) is 0 Å². The van der Waals surface area contributed by atoms with E-state index in [-0.39, 0.29) is 23.0 Å². The first-order valence-corrected chi connectivity index (χ1v) is 4.10. The summed E-state index contributed by atoms with van der Waals surface area (Å²) in [6, 6.07) is 0. The van der Waals surface area contributed by atoms with Gasteiger partial charge < -0.3 is 15.3 Å². The monoisotopic (exact) mass is 281 g/mol. The number of nitrogens with zero attached hydrogens (tertiary/aromatic N) is 1. The van der Waals surface area contributed by atoms with E-state index >= 15 is 0 Å². The van der Waals surface area contributed by atoms with E-state index < -0.39 is 0 Å². The van der Waals surface area contributed by atoms with Gasteiger partial charge in [-0.25, -0.2) is 0 Å². The van der Waals surface area contributed by atoms with Crippen LogP contribution in [0.3, 0.4) is 0 Å². The van der Waals surface area contributed by atoms with E-state index in [1.165, 1.54) is 19.3 Å². The molecule has 94 valence electrons. The summed E-state index contributed by atoms with van der Waals surface area (Å²) in [7, 11) is 0. The molecule has 17 heavy (non-hydrogen) atoms. The van der Waals surface area contributed by atoms with Crippen LogP contribution < -0.4 is 0 Å². The van der Waals surface area contributed by atoms with Crippen molar-refractivity contribution in [3.63, 3.8) is 0 Å². The molecule has 0 N–H and O–H groups in total. The Morgan fingerprint density at radius 2 is 1.18 bits per heavy atom. The molecule has 7 heteroatoms. The predicted octanol–water partition coefficient (Wildman–Crippen LogP) is 1.88. The van der Waals surface area contributed by atoms with Gasteiger partial charge in [-0.05, 0) is 0 Å². The molecular weight excluding hydrogens is 270 g/mol. The molecule has 0 unspecified atom stereocenters. The van der Waals surface area contributed by atoms with Gasteiger partial charge in [-0.2, -0.15) is 0 Å². The molecule has 0 atom stereocenters. The van der Waals surface area contributed by atoms with Crippen LogP contribution in [0.25, 0.3) is 5.59 Å². The summed E-state index contributed by atoms with van der Waals surface area (Å²) in [5, 5.41) is 0. The number of rotatable bonds is 1. The van der Waals surface area contributed by atoms with Crippen molar-refractivity contribution in [3.8, 4) is 0 Å². The molecule has 6 nitrogen and oxygen atoms in total. The quantitative estimate of drug-likeness (QED) is 0.414. The number of hydrogen-bond donors (Lipinski definition) is 0. The minimum absolute atomic E-state index is 0. The van der Waals surface area contributed by atoms with Gasteiger partial charge in [-0.15, -0.1) is 5.92 Å². The average molecular weight is 281 g/mol. The smallest absolute Gasteiger partial charge is 0.577 e. The van der Waals surface area contributed by atoms with E-state index in [9.17, 15) is 4.79 Å². The third kappa shape index (κ3) is 31.3. The maximum Gasteiger partial charge on any atom is 2.00 e. The van der Waals surface area contributed by atoms with Gasteiger partial charge in [0.05, 0.1) is 0 Å². The molecule has 0 amide bonds. The summed E-state index contributed by atoms with van der Waals surface area (Å²) in [6.07, 6.45) is 8.02. The van der Waals surface area contributed by atoms with Crippen LogP contribution in [0.5, 0.6) is 0 Å². The molecule has 1 rings (SSSR count). The zero-order valence-electron chi connectivity index (χ0n) is 8.95. The molecule has 0 aromatic heterocycles. The van der Waals surface area contributed by atoms with Crippen LogP contribution in [0, 0.1) is 30.8 Å². The van der Waals surface area contributed by atoms with E-state index in [0.717, 1.165) is 12.8 Å². The van der Waals surface area contributed by atoms with Crippen LogP contribution >= 0.6 is 0 Å². The molecule has 0 aromatic carbocycles. The van der Waals surface area contributed by atoms with Crippen LogP contribution in [0.4, 0.5) is 0 Å². The van der Waals surface area contributed by atoms with Crippen molar-refractivity contribution < 1.29 is 35.8 Å². The Kier molecular flexibility index (Phi) is 80.4. The minimum Gasteiger partial charge on any atom is -0.577 e. The normalized spacial score (nSPS) is 11.4. The van der Waals surface area contributed by atoms with Gasteiger partial charge in [0.25, 0.3) is 0 Å².